The molecule has 3 heterocycles. The number of carbonyl (C=O) groups excluding carboxylic acids is 1. The third-order valence-electron chi connectivity index (χ3n) is 5.79. The summed E-state index contributed by atoms with van der Waals surface area (Å²) in [5, 5.41) is 14.1. The van der Waals surface area contributed by atoms with E-state index in [0.717, 1.165) is 24.0 Å². The molecular weight excluding hydrogens is 444 g/mol. The fraction of sp³-hybridized carbons (Fsp3) is 0.391. The molecule has 0 saturated carbocycles. The Morgan fingerprint density at radius 2 is 2.00 bits per heavy atom. The van der Waals surface area contributed by atoms with Crippen LogP contribution < -0.4 is 10.5 Å². The maximum Gasteiger partial charge on any atom is 0.260 e. The number of nitrogen functional groups attached to an aromatic ring is 1. The zero-order valence-electron chi connectivity index (χ0n) is 18.4. The van der Waals surface area contributed by atoms with Crippen LogP contribution in [0.3, 0.4) is 0 Å². The SMILES string of the molecule is Cn1cc(Cc2ccccc2OCC(=O)N2CCC(CO)CC2)c(-c2cc(Cl)nc(N)n2)n1. The average molecular weight is 471 g/mol. The summed E-state index contributed by atoms with van der Waals surface area (Å²) in [6, 6.07) is 9.26. The number of nitrogens with zero attached hydrogens (tertiary/aromatic N) is 5. The van der Waals surface area contributed by atoms with Crippen molar-refractivity contribution in [2.75, 3.05) is 32.0 Å². The molecule has 1 aliphatic heterocycles. The molecular formula is C23H27ClN6O3. The van der Waals surface area contributed by atoms with E-state index >= 15 is 0 Å². The van der Waals surface area contributed by atoms with E-state index in [1.54, 1.807) is 15.6 Å². The quantitative estimate of drug-likeness (QED) is 0.508. The van der Waals surface area contributed by atoms with Crippen molar-refractivity contribution in [3.8, 4) is 17.1 Å². The highest BCUT2D eigenvalue weighted by molar-refractivity contribution is 6.29. The maximum atomic E-state index is 12.6. The van der Waals surface area contributed by atoms with Gasteiger partial charge in [0.1, 0.15) is 16.6 Å². The monoisotopic (exact) mass is 470 g/mol. The van der Waals surface area contributed by atoms with Crippen LogP contribution in [0.15, 0.2) is 36.5 Å². The summed E-state index contributed by atoms with van der Waals surface area (Å²) >= 11 is 6.06. The predicted molar refractivity (Wildman–Crippen MR) is 125 cm³/mol. The lowest BCUT2D eigenvalue weighted by molar-refractivity contribution is -0.135. The molecule has 2 aromatic heterocycles. The van der Waals surface area contributed by atoms with Gasteiger partial charge in [0.15, 0.2) is 6.61 Å². The Labute approximate surface area is 197 Å². The number of para-hydroxylation sites is 1. The van der Waals surface area contributed by atoms with E-state index in [1.807, 2.05) is 37.5 Å². The lowest BCUT2D eigenvalue weighted by Crippen LogP contribution is -2.41. The van der Waals surface area contributed by atoms with E-state index in [9.17, 15) is 9.90 Å². The Balaban J connectivity index is 1.48. The molecule has 0 spiro atoms. The van der Waals surface area contributed by atoms with Crippen LogP contribution in [0, 0.1) is 5.92 Å². The normalized spacial score (nSPS) is 14.5. The maximum absolute atomic E-state index is 12.6. The second kappa shape index (κ2) is 10.2. The first-order valence-electron chi connectivity index (χ1n) is 10.8. The lowest BCUT2D eigenvalue weighted by atomic mass is 9.98. The van der Waals surface area contributed by atoms with Crippen LogP contribution in [-0.2, 0) is 18.3 Å². The molecule has 9 nitrogen and oxygen atoms in total. The number of rotatable bonds is 7. The van der Waals surface area contributed by atoms with Crippen LogP contribution in [0.5, 0.6) is 5.75 Å². The van der Waals surface area contributed by atoms with Crippen molar-refractivity contribution in [1.82, 2.24) is 24.6 Å². The zero-order valence-corrected chi connectivity index (χ0v) is 19.2. The molecule has 0 unspecified atom stereocenters. The van der Waals surface area contributed by atoms with Gasteiger partial charge in [-0.3, -0.25) is 9.48 Å². The van der Waals surface area contributed by atoms with Crippen molar-refractivity contribution < 1.29 is 14.6 Å². The number of aliphatic hydroxyl groups is 1. The molecule has 0 aliphatic carbocycles. The van der Waals surface area contributed by atoms with Crippen molar-refractivity contribution in [2.24, 2.45) is 13.0 Å². The van der Waals surface area contributed by atoms with Crippen LogP contribution in [0.25, 0.3) is 11.4 Å². The second-order valence-corrected chi connectivity index (χ2v) is 8.58. The van der Waals surface area contributed by atoms with Crippen LogP contribution in [0.2, 0.25) is 5.15 Å². The van der Waals surface area contributed by atoms with E-state index in [1.165, 1.54) is 0 Å². The van der Waals surface area contributed by atoms with Gasteiger partial charge < -0.3 is 20.5 Å². The lowest BCUT2D eigenvalue weighted by Gasteiger charge is -2.31. The van der Waals surface area contributed by atoms with Gasteiger partial charge in [-0.05, 0) is 30.4 Å². The molecule has 174 valence electrons. The molecule has 1 saturated heterocycles. The van der Waals surface area contributed by atoms with Gasteiger partial charge in [0, 0.05) is 51.0 Å². The molecule has 0 bridgehead atoms. The summed E-state index contributed by atoms with van der Waals surface area (Å²) in [5.41, 5.74) is 8.81. The van der Waals surface area contributed by atoms with Crippen LogP contribution >= 0.6 is 11.6 Å². The number of hydrogen-bond donors (Lipinski definition) is 2. The number of likely N-dealkylation sites (tertiary alicyclic amines) is 1. The van der Waals surface area contributed by atoms with Crippen LogP contribution in [0.1, 0.15) is 24.0 Å². The summed E-state index contributed by atoms with van der Waals surface area (Å²) in [7, 11) is 1.83. The molecule has 4 rings (SSSR count). The third kappa shape index (κ3) is 5.61. The number of amides is 1. The number of nitrogens with two attached hydrogens (primary N) is 1. The van der Waals surface area contributed by atoms with Crippen molar-refractivity contribution in [3.63, 3.8) is 0 Å². The standard InChI is InChI=1S/C23H27ClN6O3/c1-29-12-17(22(28-29)18-11-20(24)27-23(25)26-18)10-16-4-2-3-5-19(16)33-14-21(32)30-8-6-15(13-31)7-9-30/h2-5,11-12,15,31H,6-10,13-14H2,1H3,(H2,25,26,27). The van der Waals surface area contributed by atoms with Gasteiger partial charge in [-0.1, -0.05) is 29.8 Å². The minimum Gasteiger partial charge on any atom is -0.483 e. The van der Waals surface area contributed by atoms with Crippen molar-refractivity contribution in [2.45, 2.75) is 19.3 Å². The van der Waals surface area contributed by atoms with Gasteiger partial charge in [-0.25, -0.2) is 9.97 Å². The van der Waals surface area contributed by atoms with E-state index < -0.39 is 0 Å². The summed E-state index contributed by atoms with van der Waals surface area (Å²) in [4.78, 5) is 22.6. The molecule has 10 heteroatoms. The molecule has 0 atom stereocenters. The average Bonchev–Trinajstić information content (AvgIpc) is 3.17. The Morgan fingerprint density at radius 1 is 1.24 bits per heavy atom. The number of aryl methyl sites for hydroxylation is 1. The predicted octanol–water partition coefficient (Wildman–Crippen LogP) is 2.31. The smallest absolute Gasteiger partial charge is 0.260 e. The van der Waals surface area contributed by atoms with E-state index in [-0.39, 0.29) is 36.1 Å². The van der Waals surface area contributed by atoms with Crippen molar-refractivity contribution >= 4 is 23.5 Å². The molecule has 1 amide bonds. The number of benzene rings is 1. The topological polar surface area (TPSA) is 119 Å². The number of aliphatic hydroxyl groups excluding tert-OH is 1. The Bertz CT molecular complexity index is 1110. The molecule has 33 heavy (non-hydrogen) atoms. The number of hydrogen-bond acceptors (Lipinski definition) is 7. The van der Waals surface area contributed by atoms with Gasteiger partial charge in [0.2, 0.25) is 5.95 Å². The van der Waals surface area contributed by atoms with Gasteiger partial charge in [0.05, 0.1) is 5.69 Å². The second-order valence-electron chi connectivity index (χ2n) is 8.19. The molecule has 3 N–H and O–H groups in total. The minimum atomic E-state index is -0.0469. The fourth-order valence-electron chi connectivity index (χ4n) is 4.03. The molecule has 1 aliphatic rings. The highest BCUT2D eigenvalue weighted by atomic mass is 35.5. The van der Waals surface area contributed by atoms with E-state index in [4.69, 9.17) is 22.1 Å². The first-order valence-corrected chi connectivity index (χ1v) is 11.2. The largest absolute Gasteiger partial charge is 0.483 e. The van der Waals surface area contributed by atoms with E-state index in [2.05, 4.69) is 15.1 Å². The number of halogens is 1. The summed E-state index contributed by atoms with van der Waals surface area (Å²) in [5.74, 6) is 0.962. The van der Waals surface area contributed by atoms with Gasteiger partial charge in [0.25, 0.3) is 5.91 Å². The van der Waals surface area contributed by atoms with E-state index in [0.29, 0.717) is 36.6 Å². The Kier molecular flexibility index (Phi) is 7.10. The Hall–Kier alpha value is -3.17. The summed E-state index contributed by atoms with van der Waals surface area (Å²) in [6.07, 6.45) is 4.08. The fourth-order valence-corrected chi connectivity index (χ4v) is 4.22. The summed E-state index contributed by atoms with van der Waals surface area (Å²) < 4.78 is 7.64. The number of anilines is 1. The highest BCUT2D eigenvalue weighted by Crippen LogP contribution is 2.28. The third-order valence-corrected chi connectivity index (χ3v) is 5.98. The molecule has 0 radical (unpaired) electrons. The van der Waals surface area contributed by atoms with Crippen LogP contribution in [0.4, 0.5) is 5.95 Å². The molecule has 1 aromatic carbocycles. The summed E-state index contributed by atoms with van der Waals surface area (Å²) in [6.45, 7) is 1.45. The van der Waals surface area contributed by atoms with Crippen molar-refractivity contribution in [3.05, 3.63) is 52.8 Å². The number of carbonyl (C=O) groups is 1. The highest BCUT2D eigenvalue weighted by Gasteiger charge is 2.23. The Morgan fingerprint density at radius 3 is 2.73 bits per heavy atom. The van der Waals surface area contributed by atoms with Gasteiger partial charge in [-0.2, -0.15) is 5.10 Å². The van der Waals surface area contributed by atoms with Gasteiger partial charge in [-0.15, -0.1) is 0 Å². The number of piperidine rings is 1. The van der Waals surface area contributed by atoms with Gasteiger partial charge >= 0.3 is 0 Å². The number of aromatic nitrogens is 4. The molecule has 3 aromatic rings. The van der Waals surface area contributed by atoms with Crippen LogP contribution in [-0.4, -0.2) is 62.0 Å². The molecule has 1 fully saturated rings. The van der Waals surface area contributed by atoms with Crippen molar-refractivity contribution in [1.29, 1.82) is 0 Å². The minimum absolute atomic E-state index is 0.0290. The number of ether oxygens (including phenoxy) is 1. The zero-order chi connectivity index (χ0) is 23.4. The first-order chi connectivity index (χ1) is 15.9. The first kappa shape index (κ1) is 23.0.